The van der Waals surface area contributed by atoms with Gasteiger partial charge < -0.3 is 4.90 Å². The van der Waals surface area contributed by atoms with E-state index in [0.717, 1.165) is 5.92 Å². The fraction of sp³-hybridized carbons (Fsp3) is 0.667. The topological polar surface area (TPSA) is 6.48 Å². The summed E-state index contributed by atoms with van der Waals surface area (Å²) in [5, 5.41) is 0. The van der Waals surface area contributed by atoms with Crippen LogP contribution >= 0.6 is 12.4 Å². The Morgan fingerprint density at radius 3 is 2.33 bits per heavy atom. The minimum atomic E-state index is 0. The smallest absolute Gasteiger partial charge is 0.0402 e. The molecular formula is C18H29ClN2. The van der Waals surface area contributed by atoms with E-state index in [4.69, 9.17) is 0 Å². The first-order valence-electron chi connectivity index (χ1n) is 8.44. The van der Waals surface area contributed by atoms with Gasteiger partial charge in [0.25, 0.3) is 0 Å². The van der Waals surface area contributed by atoms with Crippen molar-refractivity contribution in [3.8, 4) is 0 Å². The maximum Gasteiger partial charge on any atom is 0.0402 e. The van der Waals surface area contributed by atoms with Gasteiger partial charge in [-0.2, -0.15) is 0 Å². The summed E-state index contributed by atoms with van der Waals surface area (Å²) in [4.78, 5) is 5.23. The van der Waals surface area contributed by atoms with E-state index in [9.17, 15) is 0 Å². The quantitative estimate of drug-likeness (QED) is 0.818. The molecule has 1 saturated heterocycles. The molecule has 0 spiro atoms. The number of halogens is 1. The lowest BCUT2D eigenvalue weighted by molar-refractivity contribution is 0.258. The Hall–Kier alpha value is -0.730. The Morgan fingerprint density at radius 1 is 1.00 bits per heavy atom. The van der Waals surface area contributed by atoms with Crippen molar-refractivity contribution in [1.82, 2.24) is 4.90 Å². The fourth-order valence-electron chi connectivity index (χ4n) is 3.89. The van der Waals surface area contributed by atoms with Crippen LogP contribution in [0.25, 0.3) is 0 Å². The number of rotatable bonds is 4. The summed E-state index contributed by atoms with van der Waals surface area (Å²) in [5.41, 5.74) is 3.14. The highest BCUT2D eigenvalue weighted by Gasteiger charge is 2.23. The Balaban J connectivity index is 0.00000161. The van der Waals surface area contributed by atoms with Gasteiger partial charge in [0.1, 0.15) is 0 Å². The van der Waals surface area contributed by atoms with Crippen molar-refractivity contribution in [2.75, 3.05) is 37.6 Å². The van der Waals surface area contributed by atoms with E-state index >= 15 is 0 Å². The van der Waals surface area contributed by atoms with Gasteiger partial charge in [-0.25, -0.2) is 0 Å². The SMILES string of the molecule is CCCN1CCN(c2ccccc2C2CCCC2)CC1.Cl. The zero-order valence-corrected chi connectivity index (χ0v) is 14.1. The lowest BCUT2D eigenvalue weighted by Gasteiger charge is -2.37. The Morgan fingerprint density at radius 2 is 1.67 bits per heavy atom. The van der Waals surface area contributed by atoms with Gasteiger partial charge in [0.15, 0.2) is 0 Å². The average molecular weight is 309 g/mol. The molecule has 0 atom stereocenters. The van der Waals surface area contributed by atoms with Crippen LogP contribution in [0.1, 0.15) is 50.5 Å². The van der Waals surface area contributed by atoms with Crippen LogP contribution in [0.5, 0.6) is 0 Å². The number of nitrogens with zero attached hydrogens (tertiary/aromatic N) is 2. The molecule has 0 unspecified atom stereocenters. The predicted octanol–water partition coefficient (Wildman–Crippen LogP) is 4.30. The monoisotopic (exact) mass is 308 g/mol. The molecule has 2 aliphatic rings. The Bertz CT molecular complexity index is 421. The number of benzene rings is 1. The molecule has 2 fully saturated rings. The zero-order chi connectivity index (χ0) is 13.8. The van der Waals surface area contributed by atoms with Crippen LogP contribution in [0.2, 0.25) is 0 Å². The summed E-state index contributed by atoms with van der Waals surface area (Å²) in [7, 11) is 0. The summed E-state index contributed by atoms with van der Waals surface area (Å²) in [6.07, 6.45) is 6.91. The standard InChI is InChI=1S/C18H28N2.ClH/c1-2-11-19-12-14-20(15-13-19)18-10-6-5-9-17(18)16-7-3-4-8-16;/h5-6,9-10,16H,2-4,7-8,11-15H2,1H3;1H. The number of hydrogen-bond donors (Lipinski definition) is 0. The minimum Gasteiger partial charge on any atom is -0.369 e. The maximum atomic E-state index is 2.62. The first kappa shape index (κ1) is 16.6. The van der Waals surface area contributed by atoms with Gasteiger partial charge in [0.05, 0.1) is 0 Å². The van der Waals surface area contributed by atoms with Gasteiger partial charge in [-0.1, -0.05) is 38.0 Å². The van der Waals surface area contributed by atoms with Gasteiger partial charge in [0.2, 0.25) is 0 Å². The van der Waals surface area contributed by atoms with E-state index in [1.54, 1.807) is 5.56 Å². The Labute approximate surface area is 135 Å². The summed E-state index contributed by atoms with van der Waals surface area (Å²) in [6, 6.07) is 9.17. The molecule has 1 aliphatic heterocycles. The predicted molar refractivity (Wildman–Crippen MR) is 93.8 cm³/mol. The van der Waals surface area contributed by atoms with E-state index in [1.807, 2.05) is 0 Å². The van der Waals surface area contributed by atoms with Gasteiger partial charge in [-0.15, -0.1) is 12.4 Å². The number of para-hydroxylation sites is 1. The molecule has 2 nitrogen and oxygen atoms in total. The molecule has 1 heterocycles. The van der Waals surface area contributed by atoms with Gasteiger partial charge >= 0.3 is 0 Å². The molecule has 3 heteroatoms. The third-order valence-electron chi connectivity index (χ3n) is 4.98. The van der Waals surface area contributed by atoms with E-state index in [2.05, 4.69) is 41.0 Å². The van der Waals surface area contributed by atoms with Crippen molar-refractivity contribution in [2.45, 2.75) is 44.9 Å². The van der Waals surface area contributed by atoms with E-state index in [0.29, 0.717) is 0 Å². The molecule has 21 heavy (non-hydrogen) atoms. The molecule has 0 radical (unpaired) electrons. The summed E-state index contributed by atoms with van der Waals surface area (Å²) < 4.78 is 0. The largest absolute Gasteiger partial charge is 0.369 e. The van der Waals surface area contributed by atoms with Crippen molar-refractivity contribution in [1.29, 1.82) is 0 Å². The first-order chi connectivity index (χ1) is 9.88. The zero-order valence-electron chi connectivity index (χ0n) is 13.3. The van der Waals surface area contributed by atoms with Crippen LogP contribution in [0.4, 0.5) is 5.69 Å². The molecule has 1 aromatic carbocycles. The first-order valence-corrected chi connectivity index (χ1v) is 8.44. The molecule has 0 N–H and O–H groups in total. The van der Waals surface area contributed by atoms with Crippen LogP contribution in [-0.2, 0) is 0 Å². The second kappa shape index (κ2) is 8.05. The molecule has 3 rings (SSSR count). The summed E-state index contributed by atoms with van der Waals surface area (Å²) in [6.45, 7) is 8.40. The summed E-state index contributed by atoms with van der Waals surface area (Å²) >= 11 is 0. The third-order valence-corrected chi connectivity index (χ3v) is 4.98. The third kappa shape index (κ3) is 3.92. The van der Waals surface area contributed by atoms with Crippen molar-refractivity contribution in [3.05, 3.63) is 29.8 Å². The normalized spacial score (nSPS) is 20.5. The van der Waals surface area contributed by atoms with E-state index in [-0.39, 0.29) is 12.4 Å². The molecule has 0 aromatic heterocycles. The van der Waals surface area contributed by atoms with Crippen LogP contribution in [0.15, 0.2) is 24.3 Å². The van der Waals surface area contributed by atoms with Crippen molar-refractivity contribution >= 4 is 18.1 Å². The van der Waals surface area contributed by atoms with Crippen molar-refractivity contribution in [3.63, 3.8) is 0 Å². The summed E-state index contributed by atoms with van der Waals surface area (Å²) in [5.74, 6) is 0.819. The van der Waals surface area contributed by atoms with Crippen molar-refractivity contribution in [2.24, 2.45) is 0 Å². The molecule has 1 saturated carbocycles. The number of piperazine rings is 1. The van der Waals surface area contributed by atoms with Crippen molar-refractivity contribution < 1.29 is 0 Å². The highest BCUT2D eigenvalue weighted by molar-refractivity contribution is 5.85. The lowest BCUT2D eigenvalue weighted by Crippen LogP contribution is -2.46. The van der Waals surface area contributed by atoms with Crippen LogP contribution in [0.3, 0.4) is 0 Å². The number of anilines is 1. The van der Waals surface area contributed by atoms with Crippen LogP contribution in [-0.4, -0.2) is 37.6 Å². The van der Waals surface area contributed by atoms with Crippen LogP contribution < -0.4 is 4.90 Å². The van der Waals surface area contributed by atoms with Crippen LogP contribution in [0, 0.1) is 0 Å². The minimum absolute atomic E-state index is 0. The van der Waals surface area contributed by atoms with Gasteiger partial charge in [-0.05, 0) is 43.4 Å². The molecule has 118 valence electrons. The fourth-order valence-corrected chi connectivity index (χ4v) is 3.89. The average Bonchev–Trinajstić information content (AvgIpc) is 3.03. The highest BCUT2D eigenvalue weighted by atomic mass is 35.5. The lowest BCUT2D eigenvalue weighted by atomic mass is 9.95. The number of hydrogen-bond acceptors (Lipinski definition) is 2. The highest BCUT2D eigenvalue weighted by Crippen LogP contribution is 2.39. The molecular weight excluding hydrogens is 280 g/mol. The maximum absolute atomic E-state index is 2.62. The second-order valence-electron chi connectivity index (χ2n) is 6.37. The van der Waals surface area contributed by atoms with E-state index < -0.39 is 0 Å². The molecule has 0 amide bonds. The molecule has 1 aliphatic carbocycles. The van der Waals surface area contributed by atoms with Gasteiger partial charge in [-0.3, -0.25) is 4.90 Å². The second-order valence-corrected chi connectivity index (χ2v) is 6.37. The molecule has 0 bridgehead atoms. The molecule has 1 aromatic rings. The Kier molecular flexibility index (Phi) is 6.38. The van der Waals surface area contributed by atoms with E-state index in [1.165, 1.54) is 70.5 Å². The van der Waals surface area contributed by atoms with Gasteiger partial charge in [0, 0.05) is 31.9 Å².